The van der Waals surface area contributed by atoms with E-state index in [1.807, 2.05) is 0 Å². The number of hydrogen-bond donors (Lipinski definition) is 3. The van der Waals surface area contributed by atoms with Crippen LogP contribution in [0.1, 0.15) is 463 Å². The number of ether oxygens (including phenoxy) is 1. The molecule has 6 nitrogen and oxygen atoms in total. The Bertz CT molecular complexity index is 1230. The summed E-state index contributed by atoms with van der Waals surface area (Å²) in [5, 5.41) is 23.5. The van der Waals surface area contributed by atoms with Crippen molar-refractivity contribution in [2.24, 2.45) is 0 Å². The lowest BCUT2D eigenvalue weighted by Crippen LogP contribution is -2.45. The molecule has 3 N–H and O–H groups in total. The van der Waals surface area contributed by atoms with Crippen molar-refractivity contribution in [2.45, 2.75) is 475 Å². The van der Waals surface area contributed by atoms with Gasteiger partial charge in [-0.15, -0.1) is 0 Å². The molecule has 84 heavy (non-hydrogen) atoms. The molecule has 0 aromatic rings. The van der Waals surface area contributed by atoms with Gasteiger partial charge in [0.1, 0.15) is 0 Å². The highest BCUT2D eigenvalue weighted by atomic mass is 16.5. The molecule has 0 heterocycles. The van der Waals surface area contributed by atoms with Crippen molar-refractivity contribution >= 4 is 11.9 Å². The van der Waals surface area contributed by atoms with Gasteiger partial charge in [-0.1, -0.05) is 425 Å². The summed E-state index contributed by atoms with van der Waals surface area (Å²) in [7, 11) is 0. The summed E-state index contributed by atoms with van der Waals surface area (Å²) < 4.78 is 5.51. The molecule has 0 aliphatic rings. The van der Waals surface area contributed by atoms with Gasteiger partial charge in [-0.2, -0.15) is 0 Å². The van der Waals surface area contributed by atoms with Crippen LogP contribution in [0.3, 0.4) is 0 Å². The molecular weight excluding hydrogens is 1030 g/mol. The topological polar surface area (TPSA) is 95.9 Å². The zero-order valence-electron chi connectivity index (χ0n) is 57.7. The summed E-state index contributed by atoms with van der Waals surface area (Å²) in [4.78, 5) is 24.7. The number of esters is 1. The molecule has 0 spiro atoms. The monoisotopic (exact) mass is 1190 g/mol. The minimum atomic E-state index is -0.662. The number of aliphatic hydroxyl groups excluding tert-OH is 2. The summed E-state index contributed by atoms with van der Waals surface area (Å²) in [6, 6.07) is -0.539. The van der Waals surface area contributed by atoms with E-state index in [9.17, 15) is 19.8 Å². The van der Waals surface area contributed by atoms with Crippen LogP contribution < -0.4 is 5.32 Å². The molecule has 0 fully saturated rings. The van der Waals surface area contributed by atoms with Crippen LogP contribution in [0.25, 0.3) is 0 Å². The van der Waals surface area contributed by atoms with Crippen LogP contribution in [0, 0.1) is 0 Å². The van der Waals surface area contributed by atoms with Gasteiger partial charge in [-0.05, 0) is 25.7 Å². The Balaban J connectivity index is 3.32. The first-order valence-electron chi connectivity index (χ1n) is 39.3. The van der Waals surface area contributed by atoms with E-state index < -0.39 is 12.1 Å². The molecule has 2 unspecified atom stereocenters. The Hall–Kier alpha value is -1.14. The molecule has 0 rings (SSSR count). The van der Waals surface area contributed by atoms with E-state index in [0.29, 0.717) is 25.9 Å². The average Bonchev–Trinajstić information content (AvgIpc) is 3.51. The van der Waals surface area contributed by atoms with Crippen molar-refractivity contribution in [3.8, 4) is 0 Å². The summed E-state index contributed by atoms with van der Waals surface area (Å²) >= 11 is 0. The first kappa shape index (κ1) is 82.9. The van der Waals surface area contributed by atoms with Crippen LogP contribution in [0.2, 0.25) is 0 Å². The third-order valence-electron chi connectivity index (χ3n) is 18.9. The van der Waals surface area contributed by atoms with Crippen molar-refractivity contribution < 1.29 is 24.5 Å². The quantitative estimate of drug-likeness (QED) is 0.0417. The third kappa shape index (κ3) is 70.0. The molecule has 0 saturated carbocycles. The Morgan fingerprint density at radius 2 is 0.488 bits per heavy atom. The van der Waals surface area contributed by atoms with Crippen LogP contribution in [0.15, 0.2) is 0 Å². The third-order valence-corrected chi connectivity index (χ3v) is 18.9. The van der Waals surface area contributed by atoms with Crippen molar-refractivity contribution in [3.63, 3.8) is 0 Å². The smallest absolute Gasteiger partial charge is 0.305 e. The number of amides is 1. The van der Waals surface area contributed by atoms with Crippen LogP contribution in [0.4, 0.5) is 0 Å². The molecule has 0 saturated heterocycles. The summed E-state index contributed by atoms with van der Waals surface area (Å²) in [6.07, 6.45) is 91.9. The van der Waals surface area contributed by atoms with Crippen LogP contribution in [-0.2, 0) is 14.3 Å². The van der Waals surface area contributed by atoms with Gasteiger partial charge in [0.05, 0.1) is 25.4 Å². The minimum Gasteiger partial charge on any atom is -0.466 e. The second-order valence-corrected chi connectivity index (χ2v) is 27.4. The zero-order valence-corrected chi connectivity index (χ0v) is 57.7. The number of aliphatic hydroxyl groups is 2. The molecule has 0 aromatic heterocycles. The molecule has 0 aliphatic carbocycles. The van der Waals surface area contributed by atoms with Gasteiger partial charge in [-0.25, -0.2) is 0 Å². The van der Waals surface area contributed by atoms with Crippen molar-refractivity contribution in [1.82, 2.24) is 5.32 Å². The first-order valence-corrected chi connectivity index (χ1v) is 39.3. The normalized spacial score (nSPS) is 12.4. The number of carbonyl (C=O) groups excluding carboxylic acids is 2. The van der Waals surface area contributed by atoms with Crippen molar-refractivity contribution in [3.05, 3.63) is 0 Å². The number of unbranched alkanes of at least 4 members (excludes halogenated alkanes) is 64. The zero-order chi connectivity index (χ0) is 60.6. The molecule has 1 amide bonds. The SMILES string of the molecule is CCCCCCCCCCCCCCCCCCCCCCCCC(O)C(CO)NC(=O)CCCCCCCCCCCCCCCCCCCCCCCCCCCCCCCOC(=O)CCCCCCCCCCCCCCCCCC. The largest absolute Gasteiger partial charge is 0.466 e. The van der Waals surface area contributed by atoms with Crippen molar-refractivity contribution in [2.75, 3.05) is 13.2 Å². The average molecular weight is 1190 g/mol. The maximum Gasteiger partial charge on any atom is 0.305 e. The summed E-state index contributed by atoms with van der Waals surface area (Å²) in [5.74, 6) is -0.000590. The molecule has 0 bridgehead atoms. The Kier molecular flexibility index (Phi) is 73.3. The highest BCUT2D eigenvalue weighted by Gasteiger charge is 2.20. The highest BCUT2D eigenvalue weighted by Crippen LogP contribution is 2.21. The van der Waals surface area contributed by atoms with Gasteiger partial charge in [-0.3, -0.25) is 9.59 Å². The summed E-state index contributed by atoms with van der Waals surface area (Å²) in [5.41, 5.74) is 0. The fourth-order valence-corrected chi connectivity index (χ4v) is 12.9. The second kappa shape index (κ2) is 74.3. The first-order chi connectivity index (χ1) is 41.5. The van der Waals surface area contributed by atoms with E-state index in [1.54, 1.807) is 0 Å². The van der Waals surface area contributed by atoms with Gasteiger partial charge in [0.25, 0.3) is 0 Å². The second-order valence-electron chi connectivity index (χ2n) is 27.4. The molecule has 0 radical (unpaired) electrons. The van der Waals surface area contributed by atoms with E-state index in [2.05, 4.69) is 19.2 Å². The number of nitrogens with one attached hydrogen (secondary N) is 1. The molecule has 2 atom stereocenters. The van der Waals surface area contributed by atoms with E-state index in [1.165, 1.54) is 392 Å². The number of rotatable bonds is 75. The predicted molar refractivity (Wildman–Crippen MR) is 371 cm³/mol. The maximum atomic E-state index is 12.6. The van der Waals surface area contributed by atoms with E-state index in [0.717, 1.165) is 38.5 Å². The van der Waals surface area contributed by atoms with Gasteiger partial charge < -0.3 is 20.3 Å². The maximum absolute atomic E-state index is 12.6. The van der Waals surface area contributed by atoms with Gasteiger partial charge in [0.15, 0.2) is 0 Å². The van der Waals surface area contributed by atoms with Gasteiger partial charge in [0, 0.05) is 12.8 Å². The molecule has 0 aromatic carbocycles. The number of hydrogen-bond acceptors (Lipinski definition) is 5. The number of carbonyl (C=O) groups is 2. The van der Waals surface area contributed by atoms with Gasteiger partial charge >= 0.3 is 5.97 Å². The van der Waals surface area contributed by atoms with E-state index >= 15 is 0 Å². The molecule has 0 aliphatic heterocycles. The Morgan fingerprint density at radius 3 is 0.726 bits per heavy atom. The van der Waals surface area contributed by atoms with Crippen LogP contribution in [-0.4, -0.2) is 47.4 Å². The van der Waals surface area contributed by atoms with Gasteiger partial charge in [0.2, 0.25) is 5.91 Å². The lowest BCUT2D eigenvalue weighted by atomic mass is 10.0. The fraction of sp³-hybridized carbons (Fsp3) is 0.974. The molecule has 502 valence electrons. The van der Waals surface area contributed by atoms with Crippen LogP contribution >= 0.6 is 0 Å². The van der Waals surface area contributed by atoms with Crippen LogP contribution in [0.5, 0.6) is 0 Å². The lowest BCUT2D eigenvalue weighted by Gasteiger charge is -2.22. The minimum absolute atomic E-state index is 0.0246. The molecular formula is C78H155NO5. The predicted octanol–water partition coefficient (Wildman–Crippen LogP) is 25.7. The van der Waals surface area contributed by atoms with Crippen molar-refractivity contribution in [1.29, 1.82) is 0 Å². The highest BCUT2D eigenvalue weighted by molar-refractivity contribution is 5.76. The Labute approximate surface area is 527 Å². The Morgan fingerprint density at radius 1 is 0.286 bits per heavy atom. The fourth-order valence-electron chi connectivity index (χ4n) is 12.9. The van der Waals surface area contributed by atoms with E-state index in [-0.39, 0.29) is 18.5 Å². The van der Waals surface area contributed by atoms with E-state index in [4.69, 9.17) is 4.74 Å². The lowest BCUT2D eigenvalue weighted by molar-refractivity contribution is -0.143. The standard InChI is InChI=1S/C78H155NO5/c1-3-5-7-9-11-13-15-17-19-21-22-23-33-36-39-42-46-50-54-58-62-66-70-76(81)75(74-80)79-77(82)71-67-63-59-55-51-47-43-40-37-34-31-29-27-25-24-26-28-30-32-35-38-41-45-49-53-57-61-65-69-73-84-78(83)72-68-64-60-56-52-48-44-20-18-16-14-12-10-8-6-4-2/h75-76,80-81H,3-74H2,1-2H3,(H,79,82). The molecule has 6 heteroatoms. The summed E-state index contributed by atoms with van der Waals surface area (Å²) in [6.45, 7) is 5.02.